The third-order valence-electron chi connectivity index (χ3n) is 5.99. The van der Waals surface area contributed by atoms with E-state index in [0.717, 1.165) is 18.2 Å². The molecule has 0 fully saturated rings. The van der Waals surface area contributed by atoms with Crippen molar-refractivity contribution < 1.29 is 58.0 Å². The Hall–Kier alpha value is -4.07. The standard InChI is InChI=1S/C23H19AsN4O13S2/c29-20-14-10-18(27-25-16-7-3-1-5-13(16)22(30)31)19(42(36,37)38)9-12(14)11-23(32,43(39,40)41)21(20)28-26-17-8-4-2-6-15(17)24(33,34)35/h1-11,21,29,32H,(H,30,31)(H2,33,34,35)(H,36,37,38)(H,39,40,41)/b27-25+,28-26+. The van der Waals surface area contributed by atoms with Gasteiger partial charge < -0.3 is 5.11 Å². The van der Waals surface area contributed by atoms with Crippen LogP contribution in [0.4, 0.5) is 17.1 Å². The van der Waals surface area contributed by atoms with Crippen molar-refractivity contribution in [3.8, 4) is 0 Å². The van der Waals surface area contributed by atoms with E-state index >= 15 is 0 Å². The Morgan fingerprint density at radius 2 is 1.44 bits per heavy atom. The number of fused-ring (bicyclic) bond motifs is 1. The molecule has 43 heavy (non-hydrogen) atoms. The van der Waals surface area contributed by atoms with Gasteiger partial charge in [0, 0.05) is 0 Å². The molecule has 0 amide bonds. The van der Waals surface area contributed by atoms with Crippen LogP contribution in [-0.2, 0) is 24.0 Å². The summed E-state index contributed by atoms with van der Waals surface area (Å²) in [5.74, 6) is -2.53. The molecule has 226 valence electrons. The zero-order valence-corrected chi connectivity index (χ0v) is 24.6. The molecule has 0 saturated carbocycles. The SMILES string of the molecule is O=C(O)c1ccccc1/N=N/c1cc2c(cc1S(=O)(=O)O)=CC(O)(S(=O)(=O)O)C(/N=N/c1ccccc1[As](=O)(O)O)C=2O. The van der Waals surface area contributed by atoms with Gasteiger partial charge in [0.05, 0.1) is 5.56 Å². The van der Waals surface area contributed by atoms with Crippen LogP contribution in [0.25, 0.3) is 11.8 Å². The average molecular weight is 698 g/mol. The van der Waals surface area contributed by atoms with Gasteiger partial charge in [-0.15, -0.1) is 0 Å². The van der Waals surface area contributed by atoms with Crippen molar-refractivity contribution in [2.24, 2.45) is 20.5 Å². The number of hydrogen-bond donors (Lipinski definition) is 7. The van der Waals surface area contributed by atoms with Crippen LogP contribution in [0.3, 0.4) is 0 Å². The van der Waals surface area contributed by atoms with E-state index in [1.807, 2.05) is 0 Å². The van der Waals surface area contributed by atoms with E-state index in [2.05, 4.69) is 20.5 Å². The maximum atomic E-state index is 12.3. The molecule has 0 saturated heterocycles. The van der Waals surface area contributed by atoms with Crippen molar-refractivity contribution in [3.63, 3.8) is 0 Å². The molecule has 0 aliphatic heterocycles. The van der Waals surface area contributed by atoms with E-state index in [1.165, 1.54) is 36.4 Å². The zero-order chi connectivity index (χ0) is 32.0. The zero-order valence-electron chi connectivity index (χ0n) is 21.1. The summed E-state index contributed by atoms with van der Waals surface area (Å²) in [6.45, 7) is 0. The fourth-order valence-electron chi connectivity index (χ4n) is 3.97. The first-order valence-electron chi connectivity index (χ1n) is 11.4. The second-order valence-corrected chi connectivity index (χ2v) is 15.1. The summed E-state index contributed by atoms with van der Waals surface area (Å²) in [4.78, 5) is 6.96. The predicted octanol–water partition coefficient (Wildman–Crippen LogP) is -0.203. The molecule has 20 heteroatoms. The van der Waals surface area contributed by atoms with Crippen LogP contribution in [0.15, 0.2) is 86.0 Å². The van der Waals surface area contributed by atoms with Crippen LogP contribution in [0, 0.1) is 0 Å². The monoisotopic (exact) mass is 698 g/mol. The summed E-state index contributed by atoms with van der Waals surface area (Å²) in [5, 5.41) is 44.9. The number of aliphatic hydroxyl groups excluding tert-OH is 1. The van der Waals surface area contributed by atoms with Crippen molar-refractivity contribution in [1.82, 2.24) is 0 Å². The molecular weight excluding hydrogens is 679 g/mol. The van der Waals surface area contributed by atoms with Crippen molar-refractivity contribution in [2.75, 3.05) is 0 Å². The summed E-state index contributed by atoms with van der Waals surface area (Å²) in [5.41, 5.74) is -1.69. The van der Waals surface area contributed by atoms with Gasteiger partial charge in [-0.1, -0.05) is 12.1 Å². The molecule has 0 heterocycles. The number of nitrogens with zero attached hydrogens (tertiary/aromatic N) is 4. The Kier molecular flexibility index (Phi) is 8.30. The first kappa shape index (κ1) is 31.9. The molecular formula is C23H19AsN4O13S2. The van der Waals surface area contributed by atoms with Crippen LogP contribution >= 0.6 is 0 Å². The van der Waals surface area contributed by atoms with Gasteiger partial charge in [0.1, 0.15) is 0 Å². The Morgan fingerprint density at radius 1 is 0.860 bits per heavy atom. The molecule has 17 nitrogen and oxygen atoms in total. The molecule has 1 aliphatic carbocycles. The molecule has 2 unspecified atom stereocenters. The number of benzene rings is 3. The number of hydrogen-bond acceptors (Lipinski definition) is 12. The number of carboxylic acids is 1. The van der Waals surface area contributed by atoms with E-state index in [9.17, 15) is 58.0 Å². The van der Waals surface area contributed by atoms with Gasteiger partial charge in [0.2, 0.25) is 0 Å². The van der Waals surface area contributed by atoms with Gasteiger partial charge in [-0.25, -0.2) is 4.79 Å². The Bertz CT molecular complexity index is 2110. The van der Waals surface area contributed by atoms with Gasteiger partial charge in [-0.3, -0.25) is 0 Å². The molecule has 0 aromatic heterocycles. The topological polar surface area (TPSA) is 293 Å². The number of rotatable bonds is 8. The second kappa shape index (κ2) is 11.2. The third-order valence-corrected chi connectivity index (χ3v) is 10.1. The molecule has 1 aliphatic rings. The minimum absolute atomic E-state index is 0.230. The molecule has 0 bridgehead atoms. The quantitative estimate of drug-likeness (QED) is 0.0912. The number of carbonyl (C=O) groups is 1. The van der Waals surface area contributed by atoms with Crippen LogP contribution < -0.4 is 14.8 Å². The predicted molar refractivity (Wildman–Crippen MR) is 145 cm³/mol. The molecule has 0 spiro atoms. The van der Waals surface area contributed by atoms with E-state index in [4.69, 9.17) is 0 Å². The van der Waals surface area contributed by atoms with Crippen LogP contribution in [0.1, 0.15) is 10.4 Å². The Morgan fingerprint density at radius 3 is 2.02 bits per heavy atom. The van der Waals surface area contributed by atoms with E-state index < -0.39 is 88.2 Å². The Balaban J connectivity index is 2.00. The Labute approximate surface area is 244 Å². The fraction of sp³-hybridized carbons (Fsp3) is 0.0870. The molecule has 4 rings (SSSR count). The van der Waals surface area contributed by atoms with E-state index in [1.54, 1.807) is 0 Å². The first-order chi connectivity index (χ1) is 19.8. The molecule has 7 N–H and O–H groups in total. The van der Waals surface area contributed by atoms with Gasteiger partial charge in [0.15, 0.2) is 0 Å². The number of aliphatic hydroxyl groups is 2. The van der Waals surface area contributed by atoms with E-state index in [-0.39, 0.29) is 11.3 Å². The van der Waals surface area contributed by atoms with Crippen molar-refractivity contribution in [3.05, 3.63) is 76.7 Å². The van der Waals surface area contributed by atoms with Crippen molar-refractivity contribution in [2.45, 2.75) is 15.9 Å². The third kappa shape index (κ3) is 6.33. The summed E-state index contributed by atoms with van der Waals surface area (Å²) in [7, 11) is -10.8. The molecule has 0 radical (unpaired) electrons. The van der Waals surface area contributed by atoms with Gasteiger partial charge >= 0.3 is 205 Å². The van der Waals surface area contributed by atoms with Crippen LogP contribution in [-0.4, -0.2) is 80.6 Å². The van der Waals surface area contributed by atoms with Gasteiger partial charge in [-0.05, 0) is 12.1 Å². The number of aromatic carboxylic acids is 1. The summed E-state index contributed by atoms with van der Waals surface area (Å²) < 4.78 is 99.1. The van der Waals surface area contributed by atoms with Crippen molar-refractivity contribution >= 4 is 73.6 Å². The van der Waals surface area contributed by atoms with E-state index in [0.29, 0.717) is 12.1 Å². The molecule has 2 atom stereocenters. The summed E-state index contributed by atoms with van der Waals surface area (Å²) in [6, 6.07) is 8.89. The van der Waals surface area contributed by atoms with Crippen molar-refractivity contribution in [1.29, 1.82) is 0 Å². The molecule has 3 aromatic carbocycles. The minimum atomic E-state index is -5.61. The van der Waals surface area contributed by atoms with Crippen LogP contribution in [0.5, 0.6) is 0 Å². The van der Waals surface area contributed by atoms with Crippen LogP contribution in [0.2, 0.25) is 0 Å². The summed E-state index contributed by atoms with van der Waals surface area (Å²) >= 11 is -5.61. The van der Waals surface area contributed by atoms with Gasteiger partial charge in [-0.2, -0.15) is 0 Å². The summed E-state index contributed by atoms with van der Waals surface area (Å²) in [6.07, 6.45) is 0.398. The number of carboxylic acid groups (broad SMARTS) is 1. The normalized spacial score (nSPS) is 19.4. The first-order valence-corrected chi connectivity index (χ1v) is 17.7. The second-order valence-electron chi connectivity index (χ2n) is 8.81. The maximum absolute atomic E-state index is 12.3. The average Bonchev–Trinajstić information content (AvgIpc) is 2.90. The molecule has 3 aromatic rings. The van der Waals surface area contributed by atoms with Gasteiger partial charge in [0.25, 0.3) is 0 Å². The fourth-order valence-corrected chi connectivity index (χ4v) is 6.79. The number of azo groups is 2.